The van der Waals surface area contributed by atoms with E-state index in [1.807, 2.05) is 0 Å². The number of carboxylic acid groups (broad SMARTS) is 2. The van der Waals surface area contributed by atoms with Crippen molar-refractivity contribution >= 4 is 11.9 Å². The maximum absolute atomic E-state index is 9.77. The van der Waals surface area contributed by atoms with Gasteiger partial charge in [-0.2, -0.15) is 0 Å². The fraction of sp³-hybridized carbons (Fsp3) is 0.440. The number of hydrogen-bond donors (Lipinski definition) is 4. The largest absolute Gasteiger partial charge is 0.479 e. The summed E-state index contributed by atoms with van der Waals surface area (Å²) in [6.45, 7) is 1.20. The molecule has 1 aliphatic rings. The molecule has 1 saturated carbocycles. The van der Waals surface area contributed by atoms with Gasteiger partial charge in [0.1, 0.15) is 0 Å². The summed E-state index contributed by atoms with van der Waals surface area (Å²) < 4.78 is 0. The monoisotopic (exact) mass is 443 g/mol. The molecule has 0 radical (unpaired) electrons. The molecule has 1 fully saturated rings. The second kappa shape index (κ2) is 11.8. The molecular formula is C25H33NO6. The van der Waals surface area contributed by atoms with Gasteiger partial charge >= 0.3 is 11.9 Å². The molecule has 4 N–H and O–H groups in total. The predicted molar refractivity (Wildman–Crippen MR) is 121 cm³/mol. The van der Waals surface area contributed by atoms with Crippen LogP contribution in [0.15, 0.2) is 60.7 Å². The van der Waals surface area contributed by atoms with E-state index in [0.29, 0.717) is 0 Å². The van der Waals surface area contributed by atoms with Gasteiger partial charge in [0.2, 0.25) is 0 Å². The van der Waals surface area contributed by atoms with Crippen LogP contribution in [-0.2, 0) is 15.0 Å². The molecule has 3 rings (SSSR count). The van der Waals surface area contributed by atoms with Gasteiger partial charge in [0, 0.05) is 12.0 Å². The summed E-state index contributed by atoms with van der Waals surface area (Å²) in [7, 11) is 4.39. The van der Waals surface area contributed by atoms with Gasteiger partial charge in [-0.1, -0.05) is 67.1 Å². The van der Waals surface area contributed by atoms with Gasteiger partial charge in [0.05, 0.1) is 0 Å². The summed E-state index contributed by atoms with van der Waals surface area (Å²) in [4.78, 5) is 21.9. The Morgan fingerprint density at radius 2 is 1.34 bits per heavy atom. The number of aliphatic hydroxyl groups is 2. The number of carbonyl (C=O) groups is 2. The summed E-state index contributed by atoms with van der Waals surface area (Å²) in [6, 6.07) is 22.3. The Labute approximate surface area is 188 Å². The predicted octanol–water partition coefficient (Wildman–Crippen LogP) is 2.60. The van der Waals surface area contributed by atoms with Gasteiger partial charge < -0.3 is 25.3 Å². The van der Waals surface area contributed by atoms with E-state index in [9.17, 15) is 9.59 Å². The Bertz CT molecular complexity index is 798. The third-order valence-corrected chi connectivity index (χ3v) is 5.93. The van der Waals surface area contributed by atoms with Crippen LogP contribution in [0.1, 0.15) is 36.8 Å². The van der Waals surface area contributed by atoms with Crippen molar-refractivity contribution in [2.24, 2.45) is 5.92 Å². The van der Waals surface area contributed by atoms with Crippen molar-refractivity contribution in [1.29, 1.82) is 0 Å². The summed E-state index contributed by atoms with van der Waals surface area (Å²) in [5, 5.41) is 32.5. The Morgan fingerprint density at radius 1 is 0.906 bits per heavy atom. The van der Waals surface area contributed by atoms with Crippen molar-refractivity contribution in [3.05, 3.63) is 71.8 Å². The number of hydrogen-bond acceptors (Lipinski definition) is 5. The van der Waals surface area contributed by atoms with Crippen LogP contribution in [0.2, 0.25) is 0 Å². The first-order chi connectivity index (χ1) is 15.2. The lowest BCUT2D eigenvalue weighted by molar-refractivity contribution is -0.165. The minimum absolute atomic E-state index is 0.196. The third kappa shape index (κ3) is 6.63. The van der Waals surface area contributed by atoms with Gasteiger partial charge in [-0.3, -0.25) is 0 Å². The van der Waals surface area contributed by atoms with Gasteiger partial charge in [-0.05, 0) is 50.4 Å². The highest BCUT2D eigenvalue weighted by Crippen LogP contribution is 2.46. The molecule has 0 saturated heterocycles. The smallest absolute Gasteiger partial charge is 0.335 e. The molecule has 32 heavy (non-hydrogen) atoms. The van der Waals surface area contributed by atoms with E-state index < -0.39 is 24.1 Å². The first-order valence-corrected chi connectivity index (χ1v) is 10.7. The lowest BCUT2D eigenvalue weighted by Crippen LogP contribution is -2.39. The summed E-state index contributed by atoms with van der Waals surface area (Å²) in [6.07, 6.45) is 0.682. The standard InChI is InChI=1S/C21H27N.C4H6O6/c1-22(2)17-18-10-9-15-21(16-18,19-11-5-3-6-12-19)20-13-7-4-8-14-20;5-1(3(7)8)2(6)4(9)10/h3-8,11-14,18H,9-10,15-17H2,1-2H3;1-2,5-6H,(H,7,8)(H,9,10). The molecule has 7 nitrogen and oxygen atoms in total. The van der Waals surface area contributed by atoms with Crippen LogP contribution < -0.4 is 0 Å². The highest BCUT2D eigenvalue weighted by molar-refractivity contribution is 5.83. The van der Waals surface area contributed by atoms with Crippen LogP contribution in [0, 0.1) is 5.92 Å². The van der Waals surface area contributed by atoms with Crippen molar-refractivity contribution in [1.82, 2.24) is 4.90 Å². The second-order valence-electron chi connectivity index (χ2n) is 8.60. The minimum Gasteiger partial charge on any atom is -0.479 e. The quantitative estimate of drug-likeness (QED) is 0.519. The molecule has 0 spiro atoms. The number of rotatable bonds is 7. The Balaban J connectivity index is 0.000000309. The Hall–Kier alpha value is -2.74. The average Bonchev–Trinajstić information content (AvgIpc) is 2.79. The summed E-state index contributed by atoms with van der Waals surface area (Å²) in [5.74, 6) is -2.76. The van der Waals surface area contributed by atoms with Crippen LogP contribution >= 0.6 is 0 Å². The fourth-order valence-electron chi connectivity index (χ4n) is 4.54. The fourth-order valence-corrected chi connectivity index (χ4v) is 4.54. The molecule has 0 aromatic heterocycles. The van der Waals surface area contributed by atoms with Crippen LogP contribution in [0.25, 0.3) is 0 Å². The van der Waals surface area contributed by atoms with E-state index in [4.69, 9.17) is 20.4 Å². The van der Waals surface area contributed by atoms with Gasteiger partial charge in [0.15, 0.2) is 12.2 Å². The molecule has 2 aromatic rings. The summed E-state index contributed by atoms with van der Waals surface area (Å²) in [5.41, 5.74) is 3.18. The maximum atomic E-state index is 9.77. The SMILES string of the molecule is CN(C)CC1CCCC(c2ccccc2)(c2ccccc2)C1.O=C(O)C(O)C(O)C(=O)O. The van der Waals surface area contributed by atoms with E-state index in [-0.39, 0.29) is 5.41 Å². The molecule has 3 atom stereocenters. The zero-order valence-electron chi connectivity index (χ0n) is 18.6. The van der Waals surface area contributed by atoms with E-state index in [2.05, 4.69) is 79.7 Å². The summed E-state index contributed by atoms with van der Waals surface area (Å²) >= 11 is 0. The number of nitrogens with zero attached hydrogens (tertiary/aromatic N) is 1. The van der Waals surface area contributed by atoms with Crippen LogP contribution in [0.4, 0.5) is 0 Å². The molecular weight excluding hydrogens is 410 g/mol. The molecule has 0 heterocycles. The van der Waals surface area contributed by atoms with E-state index in [1.165, 1.54) is 43.4 Å². The van der Waals surface area contributed by atoms with Gasteiger partial charge in [-0.25, -0.2) is 9.59 Å². The van der Waals surface area contributed by atoms with Crippen molar-refractivity contribution in [3.8, 4) is 0 Å². The van der Waals surface area contributed by atoms with E-state index in [0.717, 1.165) is 5.92 Å². The van der Waals surface area contributed by atoms with E-state index >= 15 is 0 Å². The number of aliphatic hydroxyl groups excluding tert-OH is 2. The van der Waals surface area contributed by atoms with Crippen molar-refractivity contribution in [3.63, 3.8) is 0 Å². The molecule has 0 aliphatic heterocycles. The average molecular weight is 444 g/mol. The van der Waals surface area contributed by atoms with Crippen LogP contribution in [0.3, 0.4) is 0 Å². The third-order valence-electron chi connectivity index (χ3n) is 5.93. The minimum atomic E-state index is -2.27. The Morgan fingerprint density at radius 3 is 1.72 bits per heavy atom. The van der Waals surface area contributed by atoms with Gasteiger partial charge in [0.25, 0.3) is 0 Å². The van der Waals surface area contributed by atoms with Crippen LogP contribution in [-0.4, -0.2) is 70.1 Å². The lowest BCUT2D eigenvalue weighted by Gasteiger charge is -2.43. The maximum Gasteiger partial charge on any atom is 0.335 e. The highest BCUT2D eigenvalue weighted by atomic mass is 16.4. The highest BCUT2D eigenvalue weighted by Gasteiger charge is 2.39. The van der Waals surface area contributed by atoms with Gasteiger partial charge in [-0.15, -0.1) is 0 Å². The van der Waals surface area contributed by atoms with Crippen molar-refractivity contribution in [2.75, 3.05) is 20.6 Å². The zero-order chi connectivity index (χ0) is 23.7. The second-order valence-corrected chi connectivity index (χ2v) is 8.60. The molecule has 174 valence electrons. The Kier molecular flexibility index (Phi) is 9.38. The number of benzene rings is 2. The topological polar surface area (TPSA) is 118 Å². The molecule has 3 unspecified atom stereocenters. The molecule has 7 heteroatoms. The molecule has 0 bridgehead atoms. The first kappa shape index (κ1) is 25.5. The van der Waals surface area contributed by atoms with E-state index in [1.54, 1.807) is 0 Å². The lowest BCUT2D eigenvalue weighted by atomic mass is 9.62. The molecule has 0 amide bonds. The zero-order valence-corrected chi connectivity index (χ0v) is 18.6. The van der Waals surface area contributed by atoms with Crippen LogP contribution in [0.5, 0.6) is 0 Å². The van der Waals surface area contributed by atoms with Crippen molar-refractivity contribution < 1.29 is 30.0 Å². The van der Waals surface area contributed by atoms with Crippen molar-refractivity contribution in [2.45, 2.75) is 43.3 Å². The number of carboxylic acids is 2. The normalized spacial score (nSPS) is 19.3. The molecule has 1 aliphatic carbocycles. The first-order valence-electron chi connectivity index (χ1n) is 10.7. The molecule has 2 aromatic carbocycles. The number of aliphatic carboxylic acids is 2.